The zero-order chi connectivity index (χ0) is 8.81. The van der Waals surface area contributed by atoms with Gasteiger partial charge in [0, 0.05) is 7.11 Å². The Kier molecular flexibility index (Phi) is 3.55. The van der Waals surface area contributed by atoms with Gasteiger partial charge in [0.2, 0.25) is 0 Å². The third-order valence-electron chi connectivity index (χ3n) is 1.79. The number of rotatable bonds is 3. The lowest BCUT2D eigenvalue weighted by Gasteiger charge is -1.99. The van der Waals surface area contributed by atoms with Crippen LogP contribution >= 0.6 is 0 Å². The Labute approximate surface area is 73.7 Å². The second-order valence-corrected chi connectivity index (χ2v) is 2.71. The molecule has 1 rings (SSSR count). The highest BCUT2D eigenvalue weighted by molar-refractivity contribution is 5.63. The van der Waals surface area contributed by atoms with E-state index in [4.69, 9.17) is 4.74 Å². The molecule has 1 aromatic carbocycles. The van der Waals surface area contributed by atoms with E-state index in [-0.39, 0.29) is 0 Å². The molecule has 0 spiro atoms. The summed E-state index contributed by atoms with van der Waals surface area (Å²) in [6, 6.07) is 10.3. The van der Waals surface area contributed by atoms with Crippen molar-refractivity contribution in [3.63, 3.8) is 0 Å². The summed E-state index contributed by atoms with van der Waals surface area (Å²) >= 11 is 0. The molecule has 0 N–H and O–H groups in total. The van der Waals surface area contributed by atoms with Gasteiger partial charge in [-0.2, -0.15) is 0 Å². The van der Waals surface area contributed by atoms with Crippen LogP contribution in [-0.2, 0) is 4.74 Å². The first-order valence-corrected chi connectivity index (χ1v) is 4.05. The van der Waals surface area contributed by atoms with Crippen LogP contribution in [0.4, 0.5) is 0 Å². The van der Waals surface area contributed by atoms with Gasteiger partial charge in [-0.15, -0.1) is 0 Å². The van der Waals surface area contributed by atoms with Crippen molar-refractivity contribution in [3.8, 4) is 0 Å². The molecular weight excluding hydrogens is 148 g/mol. The number of hydrogen-bond donors (Lipinski definition) is 0. The number of methoxy groups -OCH3 is 1. The van der Waals surface area contributed by atoms with Gasteiger partial charge in [0.15, 0.2) is 0 Å². The number of ether oxygens (including phenoxy) is 1. The third kappa shape index (κ3) is 2.51. The van der Waals surface area contributed by atoms with Crippen LogP contribution in [0.1, 0.15) is 12.5 Å². The SMILES string of the molecule is COCC=C(C)c1ccccc1. The zero-order valence-corrected chi connectivity index (χ0v) is 7.58. The van der Waals surface area contributed by atoms with Gasteiger partial charge in [-0.25, -0.2) is 0 Å². The lowest BCUT2D eigenvalue weighted by molar-refractivity contribution is 0.234. The van der Waals surface area contributed by atoms with Crippen LogP contribution in [-0.4, -0.2) is 13.7 Å². The van der Waals surface area contributed by atoms with Crippen molar-refractivity contribution >= 4 is 5.57 Å². The van der Waals surface area contributed by atoms with E-state index in [0.717, 1.165) is 0 Å². The molecule has 0 aliphatic heterocycles. The maximum absolute atomic E-state index is 4.96. The van der Waals surface area contributed by atoms with Crippen LogP contribution in [0.3, 0.4) is 0 Å². The standard InChI is InChI=1S/C11H14O/c1-10(8-9-12-2)11-6-4-3-5-7-11/h3-8H,9H2,1-2H3. The van der Waals surface area contributed by atoms with E-state index >= 15 is 0 Å². The largest absolute Gasteiger partial charge is 0.381 e. The summed E-state index contributed by atoms with van der Waals surface area (Å²) in [4.78, 5) is 0. The van der Waals surface area contributed by atoms with Crippen molar-refractivity contribution in [3.05, 3.63) is 42.0 Å². The van der Waals surface area contributed by atoms with Crippen molar-refractivity contribution < 1.29 is 4.74 Å². The molecule has 0 unspecified atom stereocenters. The van der Waals surface area contributed by atoms with Crippen molar-refractivity contribution in [2.45, 2.75) is 6.92 Å². The van der Waals surface area contributed by atoms with E-state index < -0.39 is 0 Å². The molecule has 1 aromatic rings. The summed E-state index contributed by atoms with van der Waals surface area (Å²) in [7, 11) is 1.70. The Morgan fingerprint density at radius 3 is 2.58 bits per heavy atom. The summed E-state index contributed by atoms with van der Waals surface area (Å²) in [5, 5.41) is 0. The Morgan fingerprint density at radius 1 is 1.33 bits per heavy atom. The molecule has 0 saturated carbocycles. The van der Waals surface area contributed by atoms with Crippen LogP contribution in [0.5, 0.6) is 0 Å². The monoisotopic (exact) mass is 162 g/mol. The van der Waals surface area contributed by atoms with E-state index in [1.54, 1.807) is 7.11 Å². The Balaban J connectivity index is 2.71. The minimum atomic E-state index is 0.681. The molecule has 0 heterocycles. The molecule has 0 aliphatic carbocycles. The van der Waals surface area contributed by atoms with Gasteiger partial charge in [0.05, 0.1) is 6.61 Å². The van der Waals surface area contributed by atoms with E-state index in [1.165, 1.54) is 11.1 Å². The highest BCUT2D eigenvalue weighted by atomic mass is 16.5. The lowest BCUT2D eigenvalue weighted by Crippen LogP contribution is -1.84. The topological polar surface area (TPSA) is 9.23 Å². The van der Waals surface area contributed by atoms with E-state index in [9.17, 15) is 0 Å². The minimum Gasteiger partial charge on any atom is -0.381 e. The summed E-state index contributed by atoms with van der Waals surface area (Å²) < 4.78 is 4.96. The molecule has 0 bridgehead atoms. The van der Waals surface area contributed by atoms with Gasteiger partial charge < -0.3 is 4.74 Å². The van der Waals surface area contributed by atoms with Crippen LogP contribution < -0.4 is 0 Å². The van der Waals surface area contributed by atoms with Crippen LogP contribution in [0.25, 0.3) is 5.57 Å². The van der Waals surface area contributed by atoms with Crippen molar-refractivity contribution in [1.82, 2.24) is 0 Å². The van der Waals surface area contributed by atoms with Crippen LogP contribution in [0.15, 0.2) is 36.4 Å². The molecule has 0 radical (unpaired) electrons. The molecule has 0 fully saturated rings. The molecule has 0 atom stereocenters. The first-order valence-electron chi connectivity index (χ1n) is 4.05. The molecule has 64 valence electrons. The number of allylic oxidation sites excluding steroid dienone is 1. The molecule has 0 aliphatic rings. The molecule has 0 aromatic heterocycles. The van der Waals surface area contributed by atoms with Crippen molar-refractivity contribution in [2.75, 3.05) is 13.7 Å². The average molecular weight is 162 g/mol. The minimum absolute atomic E-state index is 0.681. The third-order valence-corrected chi connectivity index (χ3v) is 1.79. The normalized spacial score (nSPS) is 11.7. The van der Waals surface area contributed by atoms with Gasteiger partial charge in [0.1, 0.15) is 0 Å². The van der Waals surface area contributed by atoms with E-state index in [2.05, 4.69) is 25.1 Å². The van der Waals surface area contributed by atoms with Crippen molar-refractivity contribution in [1.29, 1.82) is 0 Å². The Morgan fingerprint density at radius 2 is 2.00 bits per heavy atom. The molecule has 12 heavy (non-hydrogen) atoms. The van der Waals surface area contributed by atoms with Crippen LogP contribution in [0, 0.1) is 0 Å². The first-order chi connectivity index (χ1) is 5.84. The van der Waals surface area contributed by atoms with Crippen molar-refractivity contribution in [2.24, 2.45) is 0 Å². The average Bonchev–Trinajstić information content (AvgIpc) is 2.15. The zero-order valence-electron chi connectivity index (χ0n) is 7.58. The molecule has 1 nitrogen and oxygen atoms in total. The second kappa shape index (κ2) is 4.73. The quantitative estimate of drug-likeness (QED) is 0.664. The summed E-state index contributed by atoms with van der Waals surface area (Å²) in [6.07, 6.45) is 2.08. The predicted molar refractivity (Wildman–Crippen MR) is 52.0 cm³/mol. The van der Waals surface area contributed by atoms with E-state index in [0.29, 0.717) is 6.61 Å². The van der Waals surface area contributed by atoms with Gasteiger partial charge in [-0.3, -0.25) is 0 Å². The molecule has 0 saturated heterocycles. The Hall–Kier alpha value is -1.08. The number of hydrogen-bond acceptors (Lipinski definition) is 1. The van der Waals surface area contributed by atoms with E-state index in [1.807, 2.05) is 18.2 Å². The van der Waals surface area contributed by atoms with Crippen LogP contribution in [0.2, 0.25) is 0 Å². The summed E-state index contributed by atoms with van der Waals surface area (Å²) in [5.74, 6) is 0. The number of benzene rings is 1. The Bertz CT molecular complexity index is 249. The highest BCUT2D eigenvalue weighted by Crippen LogP contribution is 2.11. The fourth-order valence-electron chi connectivity index (χ4n) is 1.03. The van der Waals surface area contributed by atoms with Gasteiger partial charge in [0.25, 0.3) is 0 Å². The maximum atomic E-state index is 4.96. The molecular formula is C11H14O. The lowest BCUT2D eigenvalue weighted by atomic mass is 10.1. The van der Waals surface area contributed by atoms with Gasteiger partial charge in [-0.05, 0) is 18.1 Å². The highest BCUT2D eigenvalue weighted by Gasteiger charge is 1.91. The molecule has 1 heteroatoms. The maximum Gasteiger partial charge on any atom is 0.0649 e. The fourth-order valence-corrected chi connectivity index (χ4v) is 1.03. The first kappa shape index (κ1) is 9.01. The summed E-state index contributed by atoms with van der Waals surface area (Å²) in [6.45, 7) is 2.77. The fraction of sp³-hybridized carbons (Fsp3) is 0.273. The second-order valence-electron chi connectivity index (χ2n) is 2.71. The van der Waals surface area contributed by atoms with Gasteiger partial charge >= 0.3 is 0 Å². The summed E-state index contributed by atoms with van der Waals surface area (Å²) in [5.41, 5.74) is 2.52. The molecule has 0 amide bonds. The predicted octanol–water partition coefficient (Wildman–Crippen LogP) is 2.74. The smallest absolute Gasteiger partial charge is 0.0649 e. The van der Waals surface area contributed by atoms with Gasteiger partial charge in [-0.1, -0.05) is 36.4 Å².